The molecular formula is C18H21Cl2N3O3. The van der Waals surface area contributed by atoms with Crippen LogP contribution in [0.4, 0.5) is 11.5 Å². The molecule has 1 aromatic heterocycles. The second kappa shape index (κ2) is 9.99. The number of ether oxygens (including phenoxy) is 1. The van der Waals surface area contributed by atoms with E-state index in [1.165, 1.54) is 7.11 Å². The van der Waals surface area contributed by atoms with Crippen molar-refractivity contribution in [2.45, 2.75) is 26.3 Å². The molecule has 1 heterocycles. The first-order chi connectivity index (χ1) is 12.2. The van der Waals surface area contributed by atoms with E-state index in [2.05, 4.69) is 20.4 Å². The van der Waals surface area contributed by atoms with Crippen LogP contribution in [0, 0.1) is 6.92 Å². The third kappa shape index (κ3) is 6.54. The summed E-state index contributed by atoms with van der Waals surface area (Å²) in [6.45, 7) is 5.11. The maximum atomic E-state index is 10.8. The van der Waals surface area contributed by atoms with Crippen molar-refractivity contribution in [3.8, 4) is 0 Å². The highest BCUT2D eigenvalue weighted by atomic mass is 35.5. The Balaban J connectivity index is 0.000000294. The molecule has 1 amide bonds. The topological polar surface area (TPSA) is 80.3 Å². The SMILES string of the molecule is COC(=O)C(C)(C)NC=O.Cc1cccnc1Nc1ccc(Cl)cc1Cl. The fourth-order valence-corrected chi connectivity index (χ4v) is 2.25. The average molecular weight is 398 g/mol. The molecule has 26 heavy (non-hydrogen) atoms. The number of benzene rings is 1. The van der Waals surface area contributed by atoms with Crippen molar-refractivity contribution >= 4 is 47.1 Å². The number of aromatic nitrogens is 1. The Morgan fingerprint density at radius 3 is 2.50 bits per heavy atom. The molecule has 2 aromatic rings. The van der Waals surface area contributed by atoms with Gasteiger partial charge in [-0.05, 0) is 50.6 Å². The molecule has 8 heteroatoms. The van der Waals surface area contributed by atoms with Gasteiger partial charge in [0.2, 0.25) is 6.41 Å². The molecule has 0 radical (unpaired) electrons. The maximum absolute atomic E-state index is 10.8. The van der Waals surface area contributed by atoms with E-state index in [-0.39, 0.29) is 0 Å². The molecule has 0 spiro atoms. The van der Waals surface area contributed by atoms with E-state index in [1.54, 1.807) is 32.2 Å². The van der Waals surface area contributed by atoms with Crippen molar-refractivity contribution in [2.24, 2.45) is 0 Å². The molecule has 140 valence electrons. The van der Waals surface area contributed by atoms with Gasteiger partial charge in [0.25, 0.3) is 0 Å². The van der Waals surface area contributed by atoms with Crippen molar-refractivity contribution in [1.82, 2.24) is 10.3 Å². The Kier molecular flexibility index (Phi) is 8.35. The van der Waals surface area contributed by atoms with Gasteiger partial charge >= 0.3 is 5.97 Å². The van der Waals surface area contributed by atoms with Crippen LogP contribution >= 0.6 is 23.2 Å². The maximum Gasteiger partial charge on any atom is 0.330 e. The molecule has 2 N–H and O–H groups in total. The van der Waals surface area contributed by atoms with Gasteiger partial charge in [0.1, 0.15) is 11.4 Å². The van der Waals surface area contributed by atoms with Crippen LogP contribution < -0.4 is 10.6 Å². The van der Waals surface area contributed by atoms with E-state index in [9.17, 15) is 9.59 Å². The van der Waals surface area contributed by atoms with E-state index in [4.69, 9.17) is 23.2 Å². The molecule has 0 saturated carbocycles. The Bertz CT molecular complexity index is 767. The second-order valence-electron chi connectivity index (χ2n) is 5.80. The number of anilines is 2. The summed E-state index contributed by atoms with van der Waals surface area (Å²) < 4.78 is 4.41. The van der Waals surface area contributed by atoms with Gasteiger partial charge in [-0.25, -0.2) is 9.78 Å². The highest BCUT2D eigenvalue weighted by Crippen LogP contribution is 2.28. The Hall–Kier alpha value is -2.31. The number of rotatable bonds is 5. The minimum absolute atomic E-state index is 0.459. The number of carbonyl (C=O) groups excluding carboxylic acids is 2. The van der Waals surface area contributed by atoms with Gasteiger partial charge in [-0.1, -0.05) is 29.3 Å². The fourth-order valence-electron chi connectivity index (χ4n) is 1.80. The van der Waals surface area contributed by atoms with E-state index < -0.39 is 11.5 Å². The quantitative estimate of drug-likeness (QED) is 0.585. The summed E-state index contributed by atoms with van der Waals surface area (Å²) in [6, 6.07) is 9.19. The van der Waals surface area contributed by atoms with Crippen LogP contribution in [0.15, 0.2) is 36.5 Å². The lowest BCUT2D eigenvalue weighted by molar-refractivity contribution is -0.148. The number of carbonyl (C=O) groups is 2. The zero-order valence-corrected chi connectivity index (χ0v) is 16.5. The molecule has 0 saturated heterocycles. The minimum atomic E-state index is -0.920. The van der Waals surface area contributed by atoms with Crippen LogP contribution in [0.3, 0.4) is 0 Å². The zero-order chi connectivity index (χ0) is 19.7. The summed E-state index contributed by atoms with van der Waals surface area (Å²) in [5.41, 5.74) is 0.942. The number of hydrogen-bond acceptors (Lipinski definition) is 5. The predicted molar refractivity (Wildman–Crippen MR) is 104 cm³/mol. The molecule has 0 aliphatic heterocycles. The molecule has 0 bridgehead atoms. The van der Waals surface area contributed by atoms with Crippen molar-refractivity contribution in [3.05, 3.63) is 52.1 Å². The van der Waals surface area contributed by atoms with Gasteiger partial charge in [0.15, 0.2) is 0 Å². The molecule has 0 fully saturated rings. The monoisotopic (exact) mass is 397 g/mol. The highest BCUT2D eigenvalue weighted by molar-refractivity contribution is 6.36. The van der Waals surface area contributed by atoms with Gasteiger partial charge in [0, 0.05) is 11.2 Å². The van der Waals surface area contributed by atoms with Crippen molar-refractivity contribution in [3.63, 3.8) is 0 Å². The van der Waals surface area contributed by atoms with E-state index in [0.717, 1.165) is 17.1 Å². The van der Waals surface area contributed by atoms with Gasteiger partial charge < -0.3 is 15.4 Å². The lowest BCUT2D eigenvalue weighted by Gasteiger charge is -2.19. The lowest BCUT2D eigenvalue weighted by Crippen LogP contribution is -2.46. The number of amides is 1. The van der Waals surface area contributed by atoms with Crippen LogP contribution in [0.25, 0.3) is 0 Å². The van der Waals surface area contributed by atoms with Crippen LogP contribution in [-0.4, -0.2) is 30.0 Å². The Morgan fingerprint density at radius 1 is 1.27 bits per heavy atom. The second-order valence-corrected chi connectivity index (χ2v) is 6.64. The van der Waals surface area contributed by atoms with Crippen LogP contribution in [0.1, 0.15) is 19.4 Å². The number of aryl methyl sites for hydroxylation is 1. The molecule has 2 rings (SSSR count). The minimum Gasteiger partial charge on any atom is -0.467 e. The molecule has 0 aliphatic rings. The average Bonchev–Trinajstić information content (AvgIpc) is 2.59. The molecule has 1 aromatic carbocycles. The third-order valence-corrected chi connectivity index (χ3v) is 3.86. The van der Waals surface area contributed by atoms with E-state index in [0.29, 0.717) is 16.5 Å². The van der Waals surface area contributed by atoms with Crippen molar-refractivity contribution in [2.75, 3.05) is 12.4 Å². The summed E-state index contributed by atoms with van der Waals surface area (Å²) in [6.07, 6.45) is 2.20. The number of nitrogens with zero attached hydrogens (tertiary/aromatic N) is 1. The summed E-state index contributed by atoms with van der Waals surface area (Å²) in [7, 11) is 1.27. The number of pyridine rings is 1. The van der Waals surface area contributed by atoms with E-state index in [1.807, 2.05) is 25.1 Å². The first kappa shape index (κ1) is 21.7. The molecular weight excluding hydrogens is 377 g/mol. The zero-order valence-electron chi connectivity index (χ0n) is 15.0. The molecule has 6 nitrogen and oxygen atoms in total. The summed E-state index contributed by atoms with van der Waals surface area (Å²) in [5.74, 6) is 0.339. The molecule has 0 aliphatic carbocycles. The number of halogens is 2. The first-order valence-electron chi connectivity index (χ1n) is 7.64. The number of esters is 1. The summed E-state index contributed by atoms with van der Waals surface area (Å²) in [4.78, 5) is 24.9. The largest absolute Gasteiger partial charge is 0.467 e. The van der Waals surface area contributed by atoms with Gasteiger partial charge in [-0.3, -0.25) is 4.79 Å². The van der Waals surface area contributed by atoms with Crippen LogP contribution in [0.2, 0.25) is 10.0 Å². The lowest BCUT2D eigenvalue weighted by atomic mass is 10.1. The standard InChI is InChI=1S/C12H10Cl2N2.C6H11NO3/c1-8-3-2-6-15-12(8)16-11-5-4-9(13)7-10(11)14;1-6(2,7-4-8)5(9)10-3/h2-7H,1H3,(H,15,16);4H,1-3H3,(H,7,8). The number of nitrogens with one attached hydrogen (secondary N) is 2. The fraction of sp³-hybridized carbons (Fsp3) is 0.278. The number of methoxy groups -OCH3 is 1. The predicted octanol–water partition coefficient (Wildman–Crippen LogP) is 4.12. The van der Waals surface area contributed by atoms with Crippen molar-refractivity contribution < 1.29 is 14.3 Å². The number of hydrogen-bond donors (Lipinski definition) is 2. The molecule has 0 atom stereocenters. The van der Waals surface area contributed by atoms with Gasteiger partial charge in [-0.15, -0.1) is 0 Å². The van der Waals surface area contributed by atoms with Gasteiger partial charge in [0.05, 0.1) is 17.8 Å². The van der Waals surface area contributed by atoms with E-state index >= 15 is 0 Å². The summed E-state index contributed by atoms with van der Waals surface area (Å²) >= 11 is 11.9. The summed E-state index contributed by atoms with van der Waals surface area (Å²) in [5, 5.41) is 6.68. The third-order valence-electron chi connectivity index (χ3n) is 3.31. The normalized spacial score (nSPS) is 10.2. The first-order valence-corrected chi connectivity index (χ1v) is 8.40. The van der Waals surface area contributed by atoms with Crippen LogP contribution in [-0.2, 0) is 14.3 Å². The Labute approximate surface area is 162 Å². The Morgan fingerprint density at radius 2 is 1.96 bits per heavy atom. The smallest absolute Gasteiger partial charge is 0.330 e. The van der Waals surface area contributed by atoms with Gasteiger partial charge in [-0.2, -0.15) is 0 Å². The molecule has 0 unspecified atom stereocenters. The highest BCUT2D eigenvalue weighted by Gasteiger charge is 2.27. The van der Waals surface area contributed by atoms with Crippen molar-refractivity contribution in [1.29, 1.82) is 0 Å². The van der Waals surface area contributed by atoms with Crippen LogP contribution in [0.5, 0.6) is 0 Å².